The topological polar surface area (TPSA) is 52.7 Å². The van der Waals surface area contributed by atoms with Crippen molar-refractivity contribution in [1.82, 2.24) is 13.9 Å². The van der Waals surface area contributed by atoms with Crippen LogP contribution in [0.4, 0.5) is 0 Å². The summed E-state index contributed by atoms with van der Waals surface area (Å²) in [6.45, 7) is 16.1. The van der Waals surface area contributed by atoms with Crippen LogP contribution in [0.25, 0.3) is 0 Å². The fourth-order valence-corrected chi connectivity index (χ4v) is 4.59. The first-order valence-electron chi connectivity index (χ1n) is 8.12. The van der Waals surface area contributed by atoms with Gasteiger partial charge in [0.15, 0.2) is 0 Å². The van der Waals surface area contributed by atoms with E-state index in [0.29, 0.717) is 31.5 Å². The van der Waals surface area contributed by atoms with Gasteiger partial charge in [-0.1, -0.05) is 27.7 Å². The van der Waals surface area contributed by atoms with Crippen LogP contribution in [-0.4, -0.2) is 55.9 Å². The number of nitrogens with zero attached hydrogens (tertiary/aromatic N) is 2. The van der Waals surface area contributed by atoms with E-state index in [9.17, 15) is 8.42 Å². The van der Waals surface area contributed by atoms with Crippen molar-refractivity contribution in [1.29, 1.82) is 0 Å². The number of nitrogens with one attached hydrogen (secondary N) is 1. The van der Waals surface area contributed by atoms with E-state index in [-0.39, 0.29) is 5.54 Å². The summed E-state index contributed by atoms with van der Waals surface area (Å²) < 4.78 is 28.7. The highest BCUT2D eigenvalue weighted by molar-refractivity contribution is 7.87. The molecule has 0 aromatic rings. The summed E-state index contributed by atoms with van der Waals surface area (Å²) in [5.74, 6) is 1.35. The second-order valence-corrected chi connectivity index (χ2v) is 8.83. The summed E-state index contributed by atoms with van der Waals surface area (Å²) in [5.41, 5.74) is -0.164. The zero-order valence-corrected chi connectivity index (χ0v) is 15.3. The Morgan fingerprint density at radius 1 is 1.14 bits per heavy atom. The van der Waals surface area contributed by atoms with Crippen molar-refractivity contribution < 1.29 is 8.42 Å². The maximum Gasteiger partial charge on any atom is 0.279 e. The van der Waals surface area contributed by atoms with E-state index in [1.54, 1.807) is 0 Å². The Hall–Kier alpha value is -0.170. The average Bonchev–Trinajstić information content (AvgIpc) is 2.37. The van der Waals surface area contributed by atoms with Crippen LogP contribution in [0.2, 0.25) is 0 Å². The Balaban J connectivity index is 2.68. The van der Waals surface area contributed by atoms with Crippen LogP contribution in [0.15, 0.2) is 0 Å². The molecule has 1 saturated heterocycles. The Labute approximate surface area is 131 Å². The van der Waals surface area contributed by atoms with Gasteiger partial charge in [-0.2, -0.15) is 12.7 Å². The molecule has 1 aliphatic rings. The second kappa shape index (κ2) is 7.40. The normalized spacial score (nSPS) is 25.5. The van der Waals surface area contributed by atoms with Crippen molar-refractivity contribution in [3.05, 3.63) is 0 Å². The molecule has 0 saturated carbocycles. The molecule has 5 nitrogen and oxygen atoms in total. The SMILES string of the molecule is CCN(CC)S(=O)(=O)NCC(C)(C)N1CC(C)CC(C)C1. The molecule has 0 aromatic heterocycles. The molecule has 0 bridgehead atoms. The first-order chi connectivity index (χ1) is 9.62. The van der Waals surface area contributed by atoms with Gasteiger partial charge >= 0.3 is 0 Å². The monoisotopic (exact) mass is 319 g/mol. The molecule has 0 aromatic carbocycles. The number of hydrogen-bond donors (Lipinski definition) is 1. The quantitative estimate of drug-likeness (QED) is 0.780. The second-order valence-electron chi connectivity index (χ2n) is 7.07. The maximum absolute atomic E-state index is 12.2. The van der Waals surface area contributed by atoms with Crippen LogP contribution in [0.1, 0.15) is 48.0 Å². The first kappa shape index (κ1) is 18.9. The number of rotatable bonds is 7. The molecule has 126 valence electrons. The predicted octanol–water partition coefficient (Wildman–Crippen LogP) is 1.92. The summed E-state index contributed by atoms with van der Waals surface area (Å²) >= 11 is 0. The van der Waals surface area contributed by atoms with Crippen LogP contribution < -0.4 is 4.72 Å². The standard InChI is InChI=1S/C15H33N3O2S/c1-7-18(8-2)21(19,20)16-12-15(5,6)17-10-13(3)9-14(4)11-17/h13-14,16H,7-12H2,1-6H3. The number of piperidine rings is 1. The molecular formula is C15H33N3O2S. The lowest BCUT2D eigenvalue weighted by Crippen LogP contribution is -2.57. The Morgan fingerprint density at radius 2 is 1.62 bits per heavy atom. The lowest BCUT2D eigenvalue weighted by molar-refractivity contribution is 0.0487. The molecule has 1 N–H and O–H groups in total. The summed E-state index contributed by atoms with van der Waals surface area (Å²) in [4.78, 5) is 2.43. The van der Waals surface area contributed by atoms with Crippen molar-refractivity contribution in [2.24, 2.45) is 11.8 Å². The highest BCUT2D eigenvalue weighted by Crippen LogP contribution is 2.27. The molecule has 0 radical (unpaired) electrons. The molecule has 0 spiro atoms. The van der Waals surface area contributed by atoms with Gasteiger partial charge in [-0.05, 0) is 32.1 Å². The van der Waals surface area contributed by atoms with Gasteiger partial charge in [0.2, 0.25) is 0 Å². The molecule has 1 rings (SSSR count). The first-order valence-corrected chi connectivity index (χ1v) is 9.56. The van der Waals surface area contributed by atoms with Crippen molar-refractivity contribution >= 4 is 10.2 Å². The van der Waals surface area contributed by atoms with Crippen LogP contribution in [0.5, 0.6) is 0 Å². The minimum atomic E-state index is -3.36. The van der Waals surface area contributed by atoms with Gasteiger partial charge < -0.3 is 0 Å². The van der Waals surface area contributed by atoms with Crippen molar-refractivity contribution in [3.63, 3.8) is 0 Å². The van der Waals surface area contributed by atoms with Crippen molar-refractivity contribution in [3.8, 4) is 0 Å². The van der Waals surface area contributed by atoms with Crippen LogP contribution in [0.3, 0.4) is 0 Å². The zero-order valence-electron chi connectivity index (χ0n) is 14.5. The van der Waals surface area contributed by atoms with Crippen molar-refractivity contribution in [2.75, 3.05) is 32.7 Å². The molecule has 21 heavy (non-hydrogen) atoms. The van der Waals surface area contributed by atoms with Gasteiger partial charge in [0.05, 0.1) is 0 Å². The summed E-state index contributed by atoms with van der Waals surface area (Å²) in [6, 6.07) is 0. The van der Waals surface area contributed by atoms with Gasteiger partial charge in [0.1, 0.15) is 0 Å². The van der Waals surface area contributed by atoms with Gasteiger partial charge in [0, 0.05) is 38.3 Å². The number of likely N-dealkylation sites (tertiary alicyclic amines) is 1. The molecular weight excluding hydrogens is 286 g/mol. The highest BCUT2D eigenvalue weighted by atomic mass is 32.2. The van der Waals surface area contributed by atoms with E-state index in [2.05, 4.69) is 37.3 Å². The maximum atomic E-state index is 12.2. The van der Waals surface area contributed by atoms with Gasteiger partial charge in [0.25, 0.3) is 10.2 Å². The summed E-state index contributed by atoms with van der Waals surface area (Å²) in [6.07, 6.45) is 1.26. The Kier molecular flexibility index (Phi) is 6.65. The highest BCUT2D eigenvalue weighted by Gasteiger charge is 2.34. The lowest BCUT2D eigenvalue weighted by atomic mass is 9.88. The minimum absolute atomic E-state index is 0.164. The number of hydrogen-bond acceptors (Lipinski definition) is 3. The van der Waals surface area contributed by atoms with Crippen LogP contribution in [0, 0.1) is 11.8 Å². The van der Waals surface area contributed by atoms with E-state index in [0.717, 1.165) is 13.1 Å². The third-order valence-electron chi connectivity index (χ3n) is 4.46. The average molecular weight is 320 g/mol. The zero-order chi connectivity index (χ0) is 16.3. The lowest BCUT2D eigenvalue weighted by Gasteiger charge is -2.45. The molecule has 0 amide bonds. The van der Waals surface area contributed by atoms with E-state index < -0.39 is 10.2 Å². The molecule has 6 heteroatoms. The smallest absolute Gasteiger partial charge is 0.279 e. The molecule has 1 aliphatic heterocycles. The fourth-order valence-electron chi connectivity index (χ4n) is 3.19. The molecule has 2 atom stereocenters. The van der Waals surface area contributed by atoms with E-state index in [4.69, 9.17) is 0 Å². The third-order valence-corrected chi connectivity index (χ3v) is 6.16. The minimum Gasteiger partial charge on any atom is -0.296 e. The van der Waals surface area contributed by atoms with Gasteiger partial charge in [-0.3, -0.25) is 4.90 Å². The molecule has 0 aliphatic carbocycles. The van der Waals surface area contributed by atoms with Gasteiger partial charge in [-0.15, -0.1) is 0 Å². The Morgan fingerprint density at radius 3 is 2.05 bits per heavy atom. The molecule has 1 fully saturated rings. The van der Waals surface area contributed by atoms with Crippen LogP contribution in [-0.2, 0) is 10.2 Å². The summed E-state index contributed by atoms with van der Waals surface area (Å²) in [7, 11) is -3.36. The largest absolute Gasteiger partial charge is 0.296 e. The fraction of sp³-hybridized carbons (Fsp3) is 1.00. The Bertz CT molecular complexity index is 409. The molecule has 2 unspecified atom stereocenters. The van der Waals surface area contributed by atoms with Crippen molar-refractivity contribution in [2.45, 2.75) is 53.5 Å². The van der Waals surface area contributed by atoms with E-state index in [1.807, 2.05) is 13.8 Å². The van der Waals surface area contributed by atoms with E-state index >= 15 is 0 Å². The third kappa shape index (κ3) is 5.20. The van der Waals surface area contributed by atoms with Crippen LogP contribution >= 0.6 is 0 Å². The molecule has 1 heterocycles. The summed E-state index contributed by atoms with van der Waals surface area (Å²) in [5, 5.41) is 0. The van der Waals surface area contributed by atoms with Gasteiger partial charge in [-0.25, -0.2) is 4.72 Å². The van der Waals surface area contributed by atoms with E-state index in [1.165, 1.54) is 10.7 Å². The predicted molar refractivity (Wildman–Crippen MR) is 88.4 cm³/mol.